The first-order valence-electron chi connectivity index (χ1n) is 6.99. The summed E-state index contributed by atoms with van der Waals surface area (Å²) in [6, 6.07) is 0. The standard InChI is InChI=1S/C12H24O11/c13-1-4(15)7(17)8(18)5(16)3-22-12-11(21)10(20)9(19)6(2-14)23-12/h4-21H,1-3H2/t4?,5?,6-,7?,8?,9-,10+,11-,12-/m1/s1. The van der Waals surface area contributed by atoms with E-state index in [-0.39, 0.29) is 0 Å². The van der Waals surface area contributed by atoms with Crippen LogP contribution in [-0.4, -0.2) is 121 Å². The zero-order valence-corrected chi connectivity index (χ0v) is 12.2. The second-order valence-electron chi connectivity index (χ2n) is 5.33. The normalized spacial score (nSPS) is 37.2. The Morgan fingerprint density at radius 1 is 0.826 bits per heavy atom. The van der Waals surface area contributed by atoms with Gasteiger partial charge in [0.2, 0.25) is 0 Å². The van der Waals surface area contributed by atoms with E-state index in [0.717, 1.165) is 0 Å². The molecule has 0 radical (unpaired) electrons. The van der Waals surface area contributed by atoms with Gasteiger partial charge in [-0.2, -0.15) is 0 Å². The molecule has 23 heavy (non-hydrogen) atoms. The Balaban J connectivity index is 2.55. The first-order chi connectivity index (χ1) is 10.7. The van der Waals surface area contributed by atoms with Crippen LogP contribution in [0, 0.1) is 0 Å². The predicted octanol–water partition coefficient (Wildman–Crippen LogP) is -5.76. The molecule has 0 aliphatic carbocycles. The molecule has 1 fully saturated rings. The van der Waals surface area contributed by atoms with Gasteiger partial charge in [-0.15, -0.1) is 0 Å². The summed E-state index contributed by atoms with van der Waals surface area (Å²) in [5.41, 5.74) is 0. The fourth-order valence-corrected chi connectivity index (χ4v) is 2.06. The monoisotopic (exact) mass is 344 g/mol. The molecule has 11 heteroatoms. The third-order valence-corrected chi connectivity index (χ3v) is 3.61. The summed E-state index contributed by atoms with van der Waals surface area (Å²) < 4.78 is 9.99. The smallest absolute Gasteiger partial charge is 0.186 e. The van der Waals surface area contributed by atoms with Crippen LogP contribution < -0.4 is 0 Å². The first-order valence-corrected chi connectivity index (χ1v) is 6.99. The lowest BCUT2D eigenvalue weighted by atomic mass is 9.99. The molecular weight excluding hydrogens is 320 g/mol. The van der Waals surface area contributed by atoms with E-state index in [2.05, 4.69) is 0 Å². The topological polar surface area (TPSA) is 201 Å². The van der Waals surface area contributed by atoms with Gasteiger partial charge in [0.05, 0.1) is 19.8 Å². The molecule has 1 heterocycles. The molecule has 9 atom stereocenters. The van der Waals surface area contributed by atoms with E-state index < -0.39 is 74.9 Å². The molecule has 0 aromatic carbocycles. The van der Waals surface area contributed by atoms with Crippen LogP contribution in [0.3, 0.4) is 0 Å². The number of ether oxygens (including phenoxy) is 2. The highest BCUT2D eigenvalue weighted by atomic mass is 16.7. The van der Waals surface area contributed by atoms with Gasteiger partial charge in [0.15, 0.2) is 6.29 Å². The SMILES string of the molecule is OCC(O)C(O)C(O)C(O)CO[C@@H]1O[C@H](CO)[C@@H](O)[C@H](O)[C@H]1O. The third kappa shape index (κ3) is 5.01. The van der Waals surface area contributed by atoms with Crippen molar-refractivity contribution >= 4 is 0 Å². The molecule has 0 spiro atoms. The molecular formula is C12H24O11. The van der Waals surface area contributed by atoms with Crippen molar-refractivity contribution in [3.63, 3.8) is 0 Å². The molecule has 1 aliphatic rings. The van der Waals surface area contributed by atoms with Crippen LogP contribution >= 0.6 is 0 Å². The van der Waals surface area contributed by atoms with Gasteiger partial charge in [0, 0.05) is 0 Å². The van der Waals surface area contributed by atoms with Crippen LogP contribution in [0.25, 0.3) is 0 Å². The molecule has 0 aromatic heterocycles. The van der Waals surface area contributed by atoms with Crippen molar-refractivity contribution in [1.82, 2.24) is 0 Å². The molecule has 0 amide bonds. The summed E-state index contributed by atoms with van der Waals surface area (Å²) in [5, 5.41) is 84.4. The molecule has 11 nitrogen and oxygen atoms in total. The van der Waals surface area contributed by atoms with E-state index >= 15 is 0 Å². The predicted molar refractivity (Wildman–Crippen MR) is 70.8 cm³/mol. The maximum Gasteiger partial charge on any atom is 0.186 e. The van der Waals surface area contributed by atoms with Crippen LogP contribution in [0.5, 0.6) is 0 Å². The van der Waals surface area contributed by atoms with Crippen molar-refractivity contribution in [3.05, 3.63) is 0 Å². The minimum absolute atomic E-state index is 0.655. The summed E-state index contributed by atoms with van der Waals surface area (Å²) in [6.45, 7) is -2.16. The number of hydrogen-bond acceptors (Lipinski definition) is 11. The Kier molecular flexibility index (Phi) is 8.20. The number of rotatable bonds is 8. The van der Waals surface area contributed by atoms with Gasteiger partial charge in [0.1, 0.15) is 48.8 Å². The second-order valence-corrected chi connectivity index (χ2v) is 5.33. The molecule has 1 aliphatic heterocycles. The van der Waals surface area contributed by atoms with E-state index in [1.54, 1.807) is 0 Å². The van der Waals surface area contributed by atoms with Crippen molar-refractivity contribution in [3.8, 4) is 0 Å². The van der Waals surface area contributed by atoms with Crippen molar-refractivity contribution in [2.24, 2.45) is 0 Å². The van der Waals surface area contributed by atoms with Gasteiger partial charge in [-0.25, -0.2) is 0 Å². The number of aliphatic hydroxyl groups is 9. The minimum Gasteiger partial charge on any atom is -0.394 e. The van der Waals surface area contributed by atoms with Crippen LogP contribution in [0.15, 0.2) is 0 Å². The zero-order valence-electron chi connectivity index (χ0n) is 12.2. The highest BCUT2D eigenvalue weighted by Crippen LogP contribution is 2.22. The Morgan fingerprint density at radius 3 is 1.91 bits per heavy atom. The molecule has 1 rings (SSSR count). The van der Waals surface area contributed by atoms with Crippen molar-refractivity contribution in [2.45, 2.75) is 55.1 Å². The second kappa shape index (κ2) is 9.15. The summed E-state index contributed by atoms with van der Waals surface area (Å²) in [7, 11) is 0. The van der Waals surface area contributed by atoms with Crippen molar-refractivity contribution in [2.75, 3.05) is 19.8 Å². The van der Waals surface area contributed by atoms with Crippen molar-refractivity contribution in [1.29, 1.82) is 0 Å². The molecule has 0 saturated carbocycles. The van der Waals surface area contributed by atoms with Gasteiger partial charge < -0.3 is 55.4 Å². The maximum atomic E-state index is 9.70. The van der Waals surface area contributed by atoms with Gasteiger partial charge in [-0.3, -0.25) is 0 Å². The van der Waals surface area contributed by atoms with Gasteiger partial charge in [0.25, 0.3) is 0 Å². The summed E-state index contributed by atoms with van der Waals surface area (Å²) in [5.74, 6) is 0. The largest absolute Gasteiger partial charge is 0.394 e. The van der Waals surface area contributed by atoms with E-state index in [1.165, 1.54) is 0 Å². The fraction of sp³-hybridized carbons (Fsp3) is 1.00. The van der Waals surface area contributed by atoms with Gasteiger partial charge >= 0.3 is 0 Å². The van der Waals surface area contributed by atoms with Crippen molar-refractivity contribution < 1.29 is 55.4 Å². The molecule has 1 saturated heterocycles. The molecule has 4 unspecified atom stereocenters. The lowest BCUT2D eigenvalue weighted by molar-refractivity contribution is -0.306. The molecule has 0 aromatic rings. The first kappa shape index (κ1) is 20.6. The van der Waals surface area contributed by atoms with E-state index in [1.807, 2.05) is 0 Å². The quantitative estimate of drug-likeness (QED) is 0.203. The van der Waals surface area contributed by atoms with Crippen LogP contribution in [-0.2, 0) is 9.47 Å². The fourth-order valence-electron chi connectivity index (χ4n) is 2.06. The average molecular weight is 344 g/mol. The zero-order chi connectivity index (χ0) is 17.7. The van der Waals surface area contributed by atoms with Crippen LogP contribution in [0.1, 0.15) is 0 Å². The lowest BCUT2D eigenvalue weighted by Crippen LogP contribution is -2.59. The molecule has 0 bridgehead atoms. The average Bonchev–Trinajstić information content (AvgIpc) is 2.56. The Bertz CT molecular complexity index is 341. The third-order valence-electron chi connectivity index (χ3n) is 3.61. The highest BCUT2D eigenvalue weighted by molar-refractivity contribution is 4.89. The Hall–Kier alpha value is -0.440. The van der Waals surface area contributed by atoms with Crippen LogP contribution in [0.2, 0.25) is 0 Å². The summed E-state index contributed by atoms with van der Waals surface area (Å²) in [4.78, 5) is 0. The lowest BCUT2D eigenvalue weighted by Gasteiger charge is -2.40. The van der Waals surface area contributed by atoms with E-state index in [9.17, 15) is 35.7 Å². The molecule has 9 N–H and O–H groups in total. The number of hydrogen-bond donors (Lipinski definition) is 9. The maximum absolute atomic E-state index is 9.70. The Labute approximate surface area is 131 Å². The van der Waals surface area contributed by atoms with E-state index in [4.69, 9.17) is 19.7 Å². The highest BCUT2D eigenvalue weighted by Gasteiger charge is 2.44. The Morgan fingerprint density at radius 2 is 1.39 bits per heavy atom. The van der Waals surface area contributed by atoms with E-state index in [0.29, 0.717) is 0 Å². The van der Waals surface area contributed by atoms with Gasteiger partial charge in [-0.1, -0.05) is 0 Å². The summed E-state index contributed by atoms with van der Waals surface area (Å²) in [6.07, 6.45) is -14.7. The van der Waals surface area contributed by atoms with Crippen LogP contribution in [0.4, 0.5) is 0 Å². The molecule has 138 valence electrons. The summed E-state index contributed by atoms with van der Waals surface area (Å²) >= 11 is 0. The van der Waals surface area contributed by atoms with Gasteiger partial charge in [-0.05, 0) is 0 Å². The number of aliphatic hydroxyl groups excluding tert-OH is 9. The minimum atomic E-state index is -1.86.